The SMILES string of the molecule is CC/C=C\C/C=C\C/C=C\CCCCCCCCOCC(COP(=O)(O)OC1C(O)C(O)C(O)C(O)C1O)OC(=O)CCCCCCCCCCCCC/C=C\C/C=C\CCCCCCC. The van der Waals surface area contributed by atoms with Crippen LogP contribution in [0.25, 0.3) is 0 Å². The molecule has 6 atom stereocenters. The van der Waals surface area contributed by atoms with Crippen LogP contribution in [0.15, 0.2) is 60.8 Å². The Balaban J connectivity index is 2.33. The number of hydrogen-bond acceptors (Lipinski definition) is 11. The Morgan fingerprint density at radius 2 is 0.894 bits per heavy atom. The zero-order chi connectivity index (χ0) is 48.4. The number of aliphatic hydroxyl groups excluding tert-OH is 5. The molecule has 13 heteroatoms. The Labute approximate surface area is 400 Å². The van der Waals surface area contributed by atoms with Gasteiger partial charge in [-0.05, 0) is 77.0 Å². The molecule has 1 fully saturated rings. The van der Waals surface area contributed by atoms with E-state index in [1.165, 1.54) is 89.9 Å². The summed E-state index contributed by atoms with van der Waals surface area (Å²) in [5.41, 5.74) is 0. The van der Waals surface area contributed by atoms with E-state index in [2.05, 4.69) is 74.6 Å². The highest BCUT2D eigenvalue weighted by molar-refractivity contribution is 7.47. The number of phosphoric acid groups is 1. The number of carbonyl (C=O) groups is 1. The molecule has 1 aliphatic rings. The minimum atomic E-state index is -5.03. The maximum Gasteiger partial charge on any atom is 0.472 e. The molecule has 1 rings (SSSR count). The van der Waals surface area contributed by atoms with Crippen molar-refractivity contribution < 1.29 is 58.3 Å². The summed E-state index contributed by atoms with van der Waals surface area (Å²) >= 11 is 0. The fraction of sp³-hybridized carbons (Fsp3) is 0.792. The molecule has 0 aromatic rings. The third-order valence-corrected chi connectivity index (χ3v) is 12.9. The number of phosphoric ester groups is 1. The molecule has 66 heavy (non-hydrogen) atoms. The summed E-state index contributed by atoms with van der Waals surface area (Å²) in [6.07, 6.45) is 42.9. The van der Waals surface area contributed by atoms with Crippen molar-refractivity contribution in [1.82, 2.24) is 0 Å². The number of unbranched alkanes of at least 4 members (excludes halogenated alkanes) is 22. The molecule has 1 saturated carbocycles. The van der Waals surface area contributed by atoms with Gasteiger partial charge in [0.15, 0.2) is 0 Å². The Bertz CT molecular complexity index is 1320. The van der Waals surface area contributed by atoms with Crippen molar-refractivity contribution in [1.29, 1.82) is 0 Å². The molecule has 0 heterocycles. The first-order valence-electron chi connectivity index (χ1n) is 26.1. The molecule has 12 nitrogen and oxygen atoms in total. The second-order valence-corrected chi connectivity index (χ2v) is 19.4. The Morgan fingerprint density at radius 3 is 1.36 bits per heavy atom. The van der Waals surface area contributed by atoms with Crippen molar-refractivity contribution in [3.05, 3.63) is 60.8 Å². The first-order chi connectivity index (χ1) is 32.0. The molecule has 6 N–H and O–H groups in total. The van der Waals surface area contributed by atoms with Gasteiger partial charge in [0, 0.05) is 13.0 Å². The number of allylic oxidation sites excluding steroid dienone is 10. The zero-order valence-electron chi connectivity index (χ0n) is 41.2. The summed E-state index contributed by atoms with van der Waals surface area (Å²) in [6, 6.07) is 0. The van der Waals surface area contributed by atoms with Crippen molar-refractivity contribution in [2.45, 2.75) is 249 Å². The van der Waals surface area contributed by atoms with Gasteiger partial charge >= 0.3 is 13.8 Å². The van der Waals surface area contributed by atoms with Gasteiger partial charge in [-0.25, -0.2) is 4.57 Å². The molecule has 0 saturated heterocycles. The van der Waals surface area contributed by atoms with Gasteiger partial charge < -0.3 is 39.9 Å². The van der Waals surface area contributed by atoms with Crippen LogP contribution in [-0.4, -0.2) is 98.9 Å². The van der Waals surface area contributed by atoms with Crippen molar-refractivity contribution >= 4 is 13.8 Å². The largest absolute Gasteiger partial charge is 0.472 e. The van der Waals surface area contributed by atoms with Crippen molar-refractivity contribution in [3.63, 3.8) is 0 Å². The normalized spacial score (nSPS) is 21.9. The van der Waals surface area contributed by atoms with Gasteiger partial charge in [0.2, 0.25) is 0 Å². The highest BCUT2D eigenvalue weighted by atomic mass is 31.2. The van der Waals surface area contributed by atoms with Crippen molar-refractivity contribution in [2.24, 2.45) is 0 Å². The standard InChI is InChI=1S/C53H95O12P/c1-3-5-7-9-11-13-15-17-19-21-22-23-24-25-26-27-28-30-32-34-36-38-40-42-47(54)64-46(45-63-66(60,61)65-53-51(58)49(56)48(55)50(57)52(53)59)44-62-43-41-39-37-35-33-31-29-20-18-16-14-12-10-8-6-4-2/h6,8,12,14-15,17-18,20-22,46,48-53,55-59H,3-5,7,9-11,13,16,19,23-45H2,1-2H3,(H,60,61)/b8-6-,14-12-,17-15-,20-18-,22-21-. The molecule has 0 aromatic carbocycles. The van der Waals surface area contributed by atoms with Crippen LogP contribution in [0.2, 0.25) is 0 Å². The average Bonchev–Trinajstić information content (AvgIpc) is 3.30. The quantitative estimate of drug-likeness (QED) is 0.0147. The summed E-state index contributed by atoms with van der Waals surface area (Å²) in [6.45, 7) is 4.12. The molecular weight excluding hydrogens is 860 g/mol. The molecule has 6 unspecified atom stereocenters. The Morgan fingerprint density at radius 1 is 0.500 bits per heavy atom. The lowest BCUT2D eigenvalue weighted by molar-refractivity contribution is -0.220. The van der Waals surface area contributed by atoms with Crippen LogP contribution in [0.3, 0.4) is 0 Å². The van der Waals surface area contributed by atoms with Crippen LogP contribution < -0.4 is 0 Å². The molecule has 0 spiro atoms. The summed E-state index contributed by atoms with van der Waals surface area (Å²) in [7, 11) is -5.03. The van der Waals surface area contributed by atoms with E-state index in [-0.39, 0.29) is 13.0 Å². The minimum absolute atomic E-state index is 0.0880. The highest BCUT2D eigenvalue weighted by Crippen LogP contribution is 2.47. The predicted molar refractivity (Wildman–Crippen MR) is 267 cm³/mol. The number of esters is 1. The lowest BCUT2D eigenvalue weighted by Gasteiger charge is -2.41. The zero-order valence-corrected chi connectivity index (χ0v) is 42.1. The van der Waals surface area contributed by atoms with Crippen LogP contribution in [0.5, 0.6) is 0 Å². The van der Waals surface area contributed by atoms with E-state index in [0.29, 0.717) is 13.0 Å². The lowest BCUT2D eigenvalue weighted by atomic mass is 9.85. The van der Waals surface area contributed by atoms with Gasteiger partial charge in [-0.15, -0.1) is 0 Å². The van der Waals surface area contributed by atoms with Gasteiger partial charge in [-0.3, -0.25) is 13.8 Å². The third-order valence-electron chi connectivity index (χ3n) is 11.9. The lowest BCUT2D eigenvalue weighted by Crippen LogP contribution is -2.64. The van der Waals surface area contributed by atoms with Gasteiger partial charge in [0.05, 0.1) is 13.2 Å². The van der Waals surface area contributed by atoms with Crippen molar-refractivity contribution in [2.75, 3.05) is 19.8 Å². The third kappa shape index (κ3) is 34.3. The second kappa shape index (κ2) is 43.1. The maximum atomic E-state index is 12.9. The number of rotatable bonds is 44. The first kappa shape index (κ1) is 62.1. The summed E-state index contributed by atoms with van der Waals surface area (Å²) in [5.74, 6) is -0.485. The minimum Gasteiger partial charge on any atom is -0.457 e. The molecular formula is C53H95O12P. The van der Waals surface area contributed by atoms with E-state index in [0.717, 1.165) is 89.9 Å². The van der Waals surface area contributed by atoms with Crippen LogP contribution in [-0.2, 0) is 27.9 Å². The van der Waals surface area contributed by atoms with E-state index >= 15 is 0 Å². The molecule has 0 radical (unpaired) electrons. The summed E-state index contributed by atoms with van der Waals surface area (Å²) in [4.78, 5) is 23.3. The van der Waals surface area contributed by atoms with Gasteiger partial charge in [0.25, 0.3) is 0 Å². The van der Waals surface area contributed by atoms with E-state index in [1.54, 1.807) is 0 Å². The highest BCUT2D eigenvalue weighted by Gasteiger charge is 2.51. The number of carbonyl (C=O) groups excluding carboxylic acids is 1. The first-order valence-corrected chi connectivity index (χ1v) is 27.6. The Hall–Kier alpha value is -1.96. The fourth-order valence-electron chi connectivity index (χ4n) is 7.75. The molecule has 0 bridgehead atoms. The molecule has 0 aliphatic heterocycles. The van der Waals surface area contributed by atoms with E-state index < -0.39 is 63.1 Å². The van der Waals surface area contributed by atoms with Crippen LogP contribution in [0.4, 0.5) is 0 Å². The van der Waals surface area contributed by atoms with E-state index in [1.807, 2.05) is 0 Å². The number of ether oxygens (including phenoxy) is 2. The molecule has 0 amide bonds. The molecule has 384 valence electrons. The molecule has 0 aromatic heterocycles. The summed E-state index contributed by atoms with van der Waals surface area (Å²) in [5, 5.41) is 50.3. The van der Waals surface area contributed by atoms with Crippen LogP contribution in [0, 0.1) is 0 Å². The predicted octanol–water partition coefficient (Wildman–Crippen LogP) is 11.8. The molecule has 1 aliphatic carbocycles. The Kier molecular flexibility index (Phi) is 40.5. The van der Waals surface area contributed by atoms with Gasteiger partial charge in [0.1, 0.15) is 42.7 Å². The van der Waals surface area contributed by atoms with Gasteiger partial charge in [-0.1, -0.05) is 184 Å². The monoisotopic (exact) mass is 955 g/mol. The van der Waals surface area contributed by atoms with E-state index in [4.69, 9.17) is 18.5 Å². The smallest absolute Gasteiger partial charge is 0.457 e. The van der Waals surface area contributed by atoms with E-state index in [9.17, 15) is 39.8 Å². The van der Waals surface area contributed by atoms with Gasteiger partial charge in [-0.2, -0.15) is 0 Å². The van der Waals surface area contributed by atoms with Crippen LogP contribution in [0.1, 0.15) is 206 Å². The van der Waals surface area contributed by atoms with Crippen molar-refractivity contribution in [3.8, 4) is 0 Å². The fourth-order valence-corrected chi connectivity index (χ4v) is 8.73. The topological polar surface area (TPSA) is 192 Å². The number of aliphatic hydroxyl groups is 5. The maximum absolute atomic E-state index is 12.9. The summed E-state index contributed by atoms with van der Waals surface area (Å²) < 4.78 is 34.3. The second-order valence-electron chi connectivity index (χ2n) is 18.0. The average molecular weight is 955 g/mol. The van der Waals surface area contributed by atoms with Crippen LogP contribution >= 0.6 is 7.82 Å². The number of hydrogen-bond donors (Lipinski definition) is 6.